The largest absolute Gasteiger partial charge is 0.497 e. The monoisotopic (exact) mass is 245 g/mol. The Labute approximate surface area is 110 Å². The molecule has 0 aromatic heterocycles. The van der Waals surface area contributed by atoms with Gasteiger partial charge in [0.1, 0.15) is 5.75 Å². The van der Waals surface area contributed by atoms with E-state index in [4.69, 9.17) is 4.74 Å². The van der Waals surface area contributed by atoms with Gasteiger partial charge < -0.3 is 9.64 Å². The van der Waals surface area contributed by atoms with Crippen molar-refractivity contribution in [2.24, 2.45) is 0 Å². The summed E-state index contributed by atoms with van der Waals surface area (Å²) in [6.07, 6.45) is 6.66. The van der Waals surface area contributed by atoms with Crippen molar-refractivity contribution in [1.82, 2.24) is 4.90 Å². The van der Waals surface area contributed by atoms with Crippen LogP contribution in [0.4, 0.5) is 0 Å². The van der Waals surface area contributed by atoms with Gasteiger partial charge in [0.05, 0.1) is 7.11 Å². The van der Waals surface area contributed by atoms with Gasteiger partial charge in [-0.1, -0.05) is 6.07 Å². The van der Waals surface area contributed by atoms with E-state index in [2.05, 4.69) is 30.1 Å². The first-order valence-electron chi connectivity index (χ1n) is 7.15. The minimum absolute atomic E-state index is 0.751. The summed E-state index contributed by atoms with van der Waals surface area (Å²) in [5, 5.41) is 0. The van der Waals surface area contributed by atoms with Crippen LogP contribution in [0.25, 0.3) is 0 Å². The first kappa shape index (κ1) is 12.0. The van der Waals surface area contributed by atoms with Gasteiger partial charge >= 0.3 is 0 Å². The van der Waals surface area contributed by atoms with Crippen molar-refractivity contribution in [2.75, 3.05) is 20.7 Å². The summed E-state index contributed by atoms with van der Waals surface area (Å²) in [7, 11) is 4.04. The van der Waals surface area contributed by atoms with Crippen LogP contribution < -0.4 is 4.74 Å². The molecule has 1 aliphatic heterocycles. The molecule has 2 nitrogen and oxygen atoms in total. The Balaban J connectivity index is 1.76. The highest BCUT2D eigenvalue weighted by atomic mass is 16.5. The third kappa shape index (κ3) is 2.14. The molecule has 0 saturated carbocycles. The number of benzene rings is 1. The van der Waals surface area contributed by atoms with Gasteiger partial charge in [-0.15, -0.1) is 0 Å². The van der Waals surface area contributed by atoms with Crippen molar-refractivity contribution in [1.29, 1.82) is 0 Å². The lowest BCUT2D eigenvalue weighted by molar-refractivity contribution is 0.281. The Morgan fingerprint density at radius 1 is 1.33 bits per heavy atom. The van der Waals surface area contributed by atoms with E-state index in [1.54, 1.807) is 18.2 Å². The molecule has 1 heterocycles. The third-order valence-electron chi connectivity index (χ3n) is 4.78. The van der Waals surface area contributed by atoms with Crippen molar-refractivity contribution < 1.29 is 4.74 Å². The highest BCUT2D eigenvalue weighted by Crippen LogP contribution is 2.40. The first-order valence-corrected chi connectivity index (χ1v) is 7.15. The van der Waals surface area contributed by atoms with E-state index in [0.717, 1.165) is 17.7 Å². The molecule has 0 spiro atoms. The Morgan fingerprint density at radius 2 is 2.22 bits per heavy atom. The lowest BCUT2D eigenvalue weighted by Gasteiger charge is -2.23. The second-order valence-electron chi connectivity index (χ2n) is 5.81. The van der Waals surface area contributed by atoms with Crippen LogP contribution in [-0.4, -0.2) is 31.6 Å². The van der Waals surface area contributed by atoms with E-state index in [1.165, 1.54) is 38.6 Å². The third-order valence-corrected chi connectivity index (χ3v) is 4.78. The van der Waals surface area contributed by atoms with E-state index in [0.29, 0.717) is 0 Å². The predicted octanol–water partition coefficient (Wildman–Crippen LogP) is 3.21. The maximum absolute atomic E-state index is 5.37. The van der Waals surface area contributed by atoms with Gasteiger partial charge in [-0.25, -0.2) is 0 Å². The molecule has 0 bridgehead atoms. The zero-order valence-electron chi connectivity index (χ0n) is 11.5. The van der Waals surface area contributed by atoms with Gasteiger partial charge in [-0.2, -0.15) is 0 Å². The smallest absolute Gasteiger partial charge is 0.119 e. The van der Waals surface area contributed by atoms with Crippen molar-refractivity contribution in [3.8, 4) is 5.75 Å². The average Bonchev–Trinajstić information content (AvgIpc) is 2.97. The molecule has 1 aromatic rings. The fourth-order valence-electron chi connectivity index (χ4n) is 3.64. The SMILES string of the molecule is COc1ccc2c(c1)C(C[C@H]1CCCN1C)CC2. The zero-order chi connectivity index (χ0) is 12.5. The molecule has 18 heavy (non-hydrogen) atoms. The van der Waals surface area contributed by atoms with Gasteiger partial charge in [0.2, 0.25) is 0 Å². The second kappa shape index (κ2) is 4.93. The van der Waals surface area contributed by atoms with Crippen LogP contribution in [0.1, 0.15) is 42.7 Å². The molecule has 0 N–H and O–H groups in total. The fourth-order valence-corrected chi connectivity index (χ4v) is 3.64. The van der Waals surface area contributed by atoms with Crippen LogP contribution in [0.2, 0.25) is 0 Å². The number of hydrogen-bond acceptors (Lipinski definition) is 2. The summed E-state index contributed by atoms with van der Waals surface area (Å²) >= 11 is 0. The molecular weight excluding hydrogens is 222 g/mol. The molecule has 3 rings (SSSR count). The fraction of sp³-hybridized carbons (Fsp3) is 0.625. The highest BCUT2D eigenvalue weighted by molar-refractivity contribution is 5.41. The number of aryl methyl sites for hydroxylation is 1. The second-order valence-corrected chi connectivity index (χ2v) is 5.81. The zero-order valence-corrected chi connectivity index (χ0v) is 11.5. The van der Waals surface area contributed by atoms with Crippen molar-refractivity contribution >= 4 is 0 Å². The number of likely N-dealkylation sites (tertiary alicyclic amines) is 1. The number of methoxy groups -OCH3 is 1. The van der Waals surface area contributed by atoms with Crippen LogP contribution >= 0.6 is 0 Å². The molecule has 1 fully saturated rings. The normalized spacial score (nSPS) is 27.4. The lowest BCUT2D eigenvalue weighted by atomic mass is 9.92. The summed E-state index contributed by atoms with van der Waals surface area (Å²) in [6, 6.07) is 7.42. The van der Waals surface area contributed by atoms with Crippen LogP contribution in [0.15, 0.2) is 18.2 Å². The summed E-state index contributed by atoms with van der Waals surface area (Å²) in [5.74, 6) is 1.76. The minimum atomic E-state index is 0.751. The standard InChI is InChI=1S/C16H23NO/c1-17-9-3-4-14(17)10-13-6-5-12-7-8-15(18-2)11-16(12)13/h7-8,11,13-14H,3-6,9-10H2,1-2H3/t13?,14-/m1/s1. The van der Waals surface area contributed by atoms with Crippen LogP contribution in [0, 0.1) is 0 Å². The molecule has 1 aromatic carbocycles. The molecule has 0 radical (unpaired) electrons. The summed E-state index contributed by atoms with van der Waals surface area (Å²) in [6.45, 7) is 1.28. The van der Waals surface area contributed by atoms with Gasteiger partial charge in [-0.3, -0.25) is 0 Å². The van der Waals surface area contributed by atoms with Crippen LogP contribution in [-0.2, 0) is 6.42 Å². The topological polar surface area (TPSA) is 12.5 Å². The van der Waals surface area contributed by atoms with Gasteiger partial charge in [0.15, 0.2) is 0 Å². The Morgan fingerprint density at radius 3 is 2.94 bits per heavy atom. The first-order chi connectivity index (χ1) is 8.78. The van der Waals surface area contributed by atoms with Crippen LogP contribution in [0.3, 0.4) is 0 Å². The molecular formula is C16H23NO. The van der Waals surface area contributed by atoms with Crippen molar-refractivity contribution in [3.05, 3.63) is 29.3 Å². The summed E-state index contributed by atoms with van der Waals surface area (Å²) in [4.78, 5) is 2.54. The van der Waals surface area contributed by atoms with Gasteiger partial charge in [0.25, 0.3) is 0 Å². The van der Waals surface area contributed by atoms with Gasteiger partial charge in [-0.05, 0) is 74.9 Å². The van der Waals surface area contributed by atoms with E-state index in [9.17, 15) is 0 Å². The molecule has 1 aliphatic carbocycles. The van der Waals surface area contributed by atoms with E-state index in [-0.39, 0.29) is 0 Å². The molecule has 0 amide bonds. The van der Waals surface area contributed by atoms with Gasteiger partial charge in [0, 0.05) is 6.04 Å². The van der Waals surface area contributed by atoms with E-state index in [1.807, 2.05) is 0 Å². The summed E-state index contributed by atoms with van der Waals surface area (Å²) in [5.41, 5.74) is 3.09. The molecule has 2 aliphatic rings. The summed E-state index contributed by atoms with van der Waals surface area (Å²) < 4.78 is 5.37. The van der Waals surface area contributed by atoms with E-state index >= 15 is 0 Å². The lowest BCUT2D eigenvalue weighted by Crippen LogP contribution is -2.26. The number of rotatable bonds is 3. The molecule has 2 heteroatoms. The molecule has 2 atom stereocenters. The Hall–Kier alpha value is -1.02. The number of nitrogens with zero attached hydrogens (tertiary/aromatic N) is 1. The average molecular weight is 245 g/mol. The quantitative estimate of drug-likeness (QED) is 0.811. The number of hydrogen-bond donors (Lipinski definition) is 0. The van der Waals surface area contributed by atoms with E-state index < -0.39 is 0 Å². The number of fused-ring (bicyclic) bond motifs is 1. The maximum atomic E-state index is 5.37. The molecule has 1 saturated heterocycles. The predicted molar refractivity (Wildman–Crippen MR) is 74.3 cm³/mol. The van der Waals surface area contributed by atoms with Crippen LogP contribution in [0.5, 0.6) is 5.75 Å². The molecule has 98 valence electrons. The van der Waals surface area contributed by atoms with Crippen molar-refractivity contribution in [2.45, 2.75) is 44.1 Å². The Bertz CT molecular complexity index is 429. The maximum Gasteiger partial charge on any atom is 0.119 e. The molecule has 1 unspecified atom stereocenters. The van der Waals surface area contributed by atoms with Crippen molar-refractivity contribution in [3.63, 3.8) is 0 Å². The Kier molecular flexibility index (Phi) is 3.29. The highest BCUT2D eigenvalue weighted by Gasteiger charge is 2.29. The minimum Gasteiger partial charge on any atom is -0.497 e. The number of ether oxygens (including phenoxy) is 1.